The number of hydrogen-bond acceptors (Lipinski definition) is 1. The first-order valence-corrected chi connectivity index (χ1v) is 6.86. The molecule has 0 fully saturated rings. The molecule has 1 N–H and O–H groups in total. The SMILES string of the molecule is CCCC(CCC)Nc1ccccc1I. The van der Waals surface area contributed by atoms with Gasteiger partial charge in [0.2, 0.25) is 0 Å². The highest BCUT2D eigenvalue weighted by Crippen LogP contribution is 2.20. The van der Waals surface area contributed by atoms with E-state index in [2.05, 4.69) is 66.0 Å². The van der Waals surface area contributed by atoms with Crippen LogP contribution >= 0.6 is 22.6 Å². The van der Waals surface area contributed by atoms with Gasteiger partial charge in [-0.1, -0.05) is 38.8 Å². The number of halogens is 1. The zero-order chi connectivity index (χ0) is 11.1. The Kier molecular flexibility index (Phi) is 6.06. The molecule has 0 aliphatic heterocycles. The molecule has 1 aromatic carbocycles. The van der Waals surface area contributed by atoms with Crippen LogP contribution in [0.1, 0.15) is 39.5 Å². The van der Waals surface area contributed by atoms with Crippen molar-refractivity contribution in [3.8, 4) is 0 Å². The van der Waals surface area contributed by atoms with Gasteiger partial charge in [0, 0.05) is 15.3 Å². The third kappa shape index (κ3) is 4.41. The third-order valence-corrected chi connectivity index (χ3v) is 3.45. The second-order valence-electron chi connectivity index (χ2n) is 3.90. The number of hydrogen-bond donors (Lipinski definition) is 1. The Morgan fingerprint density at radius 3 is 2.27 bits per heavy atom. The van der Waals surface area contributed by atoms with Gasteiger partial charge < -0.3 is 5.32 Å². The Balaban J connectivity index is 2.60. The molecule has 0 aromatic heterocycles. The van der Waals surface area contributed by atoms with E-state index < -0.39 is 0 Å². The fourth-order valence-electron chi connectivity index (χ4n) is 1.78. The van der Waals surface area contributed by atoms with E-state index in [0.29, 0.717) is 6.04 Å². The predicted octanol–water partition coefficient (Wildman–Crippen LogP) is 4.67. The number of rotatable bonds is 6. The van der Waals surface area contributed by atoms with Crippen molar-refractivity contribution < 1.29 is 0 Å². The summed E-state index contributed by atoms with van der Waals surface area (Å²) in [4.78, 5) is 0. The molecular formula is C13H20IN. The van der Waals surface area contributed by atoms with E-state index in [9.17, 15) is 0 Å². The smallest absolute Gasteiger partial charge is 0.0478 e. The predicted molar refractivity (Wildman–Crippen MR) is 76.4 cm³/mol. The molecule has 0 radical (unpaired) electrons. The fourth-order valence-corrected chi connectivity index (χ4v) is 2.33. The Hall–Kier alpha value is -0.250. The Bertz CT molecular complexity index is 280. The molecule has 0 aliphatic carbocycles. The molecule has 0 aliphatic rings. The van der Waals surface area contributed by atoms with Crippen LogP contribution in [-0.2, 0) is 0 Å². The minimum Gasteiger partial charge on any atom is -0.381 e. The van der Waals surface area contributed by atoms with Crippen LogP contribution in [0.5, 0.6) is 0 Å². The summed E-state index contributed by atoms with van der Waals surface area (Å²) in [5.74, 6) is 0. The second kappa shape index (κ2) is 7.09. The van der Waals surface area contributed by atoms with Crippen molar-refractivity contribution >= 4 is 28.3 Å². The van der Waals surface area contributed by atoms with Crippen LogP contribution in [0.2, 0.25) is 0 Å². The van der Waals surface area contributed by atoms with Gasteiger partial charge in [0.25, 0.3) is 0 Å². The zero-order valence-electron chi connectivity index (χ0n) is 9.59. The molecule has 15 heavy (non-hydrogen) atoms. The van der Waals surface area contributed by atoms with E-state index in [1.807, 2.05) is 0 Å². The van der Waals surface area contributed by atoms with Gasteiger partial charge in [-0.15, -0.1) is 0 Å². The van der Waals surface area contributed by atoms with Crippen LogP contribution in [-0.4, -0.2) is 6.04 Å². The highest BCUT2D eigenvalue weighted by atomic mass is 127. The van der Waals surface area contributed by atoms with Gasteiger partial charge in [0.05, 0.1) is 0 Å². The lowest BCUT2D eigenvalue weighted by Gasteiger charge is -2.19. The lowest BCUT2D eigenvalue weighted by Crippen LogP contribution is -2.19. The maximum absolute atomic E-state index is 3.64. The van der Waals surface area contributed by atoms with Crippen LogP contribution in [0, 0.1) is 3.57 Å². The van der Waals surface area contributed by atoms with Crippen molar-refractivity contribution in [2.24, 2.45) is 0 Å². The van der Waals surface area contributed by atoms with Crippen molar-refractivity contribution in [1.82, 2.24) is 0 Å². The molecule has 84 valence electrons. The molecular weight excluding hydrogens is 297 g/mol. The average Bonchev–Trinajstić information content (AvgIpc) is 2.22. The van der Waals surface area contributed by atoms with E-state index >= 15 is 0 Å². The van der Waals surface area contributed by atoms with E-state index in [1.54, 1.807) is 0 Å². The Morgan fingerprint density at radius 2 is 1.73 bits per heavy atom. The molecule has 0 spiro atoms. The lowest BCUT2D eigenvalue weighted by atomic mass is 10.1. The summed E-state index contributed by atoms with van der Waals surface area (Å²) in [6.45, 7) is 4.50. The summed E-state index contributed by atoms with van der Waals surface area (Å²) < 4.78 is 1.31. The van der Waals surface area contributed by atoms with Crippen molar-refractivity contribution in [1.29, 1.82) is 0 Å². The summed E-state index contributed by atoms with van der Waals surface area (Å²) in [6.07, 6.45) is 5.03. The maximum Gasteiger partial charge on any atom is 0.0478 e. The van der Waals surface area contributed by atoms with Crippen molar-refractivity contribution in [3.05, 3.63) is 27.8 Å². The van der Waals surface area contributed by atoms with Crippen LogP contribution in [0.15, 0.2) is 24.3 Å². The number of benzene rings is 1. The fraction of sp³-hybridized carbons (Fsp3) is 0.538. The van der Waals surface area contributed by atoms with Gasteiger partial charge in [0.15, 0.2) is 0 Å². The molecule has 0 amide bonds. The normalized spacial score (nSPS) is 10.7. The standard InChI is InChI=1S/C13H20IN/c1-3-7-11(8-4-2)15-13-10-6-5-9-12(13)14/h5-6,9-11,15H,3-4,7-8H2,1-2H3. The third-order valence-electron chi connectivity index (χ3n) is 2.51. The first-order valence-electron chi connectivity index (χ1n) is 5.79. The first kappa shape index (κ1) is 12.8. The van der Waals surface area contributed by atoms with Gasteiger partial charge in [-0.25, -0.2) is 0 Å². The molecule has 1 aromatic rings. The highest BCUT2D eigenvalue weighted by Gasteiger charge is 2.07. The van der Waals surface area contributed by atoms with Crippen LogP contribution in [0.4, 0.5) is 5.69 Å². The number of anilines is 1. The molecule has 2 heteroatoms. The Labute approximate surface area is 107 Å². The minimum atomic E-state index is 0.635. The maximum atomic E-state index is 3.64. The van der Waals surface area contributed by atoms with Crippen molar-refractivity contribution in [2.45, 2.75) is 45.6 Å². The van der Waals surface area contributed by atoms with Gasteiger partial charge in [0.1, 0.15) is 0 Å². The lowest BCUT2D eigenvalue weighted by molar-refractivity contribution is 0.586. The monoisotopic (exact) mass is 317 g/mol. The van der Waals surface area contributed by atoms with Gasteiger partial charge >= 0.3 is 0 Å². The van der Waals surface area contributed by atoms with Gasteiger partial charge in [-0.3, -0.25) is 0 Å². The number of nitrogens with one attached hydrogen (secondary N) is 1. The molecule has 0 saturated heterocycles. The van der Waals surface area contributed by atoms with Crippen LogP contribution in [0.25, 0.3) is 0 Å². The Morgan fingerprint density at radius 1 is 1.13 bits per heavy atom. The van der Waals surface area contributed by atoms with Crippen molar-refractivity contribution in [3.63, 3.8) is 0 Å². The highest BCUT2D eigenvalue weighted by molar-refractivity contribution is 14.1. The molecule has 0 heterocycles. The minimum absolute atomic E-state index is 0.635. The summed E-state index contributed by atoms with van der Waals surface area (Å²) in [5, 5.41) is 3.64. The van der Waals surface area contributed by atoms with Gasteiger partial charge in [-0.05, 0) is 47.6 Å². The van der Waals surface area contributed by atoms with E-state index in [1.165, 1.54) is 34.9 Å². The summed E-state index contributed by atoms with van der Waals surface area (Å²) in [5.41, 5.74) is 1.28. The van der Waals surface area contributed by atoms with Crippen molar-refractivity contribution in [2.75, 3.05) is 5.32 Å². The molecule has 0 unspecified atom stereocenters. The second-order valence-corrected chi connectivity index (χ2v) is 5.06. The molecule has 1 nitrogen and oxygen atoms in total. The van der Waals surface area contributed by atoms with Gasteiger partial charge in [-0.2, -0.15) is 0 Å². The zero-order valence-corrected chi connectivity index (χ0v) is 11.8. The summed E-state index contributed by atoms with van der Waals surface area (Å²) in [7, 11) is 0. The largest absolute Gasteiger partial charge is 0.381 e. The molecule has 0 atom stereocenters. The summed E-state index contributed by atoms with van der Waals surface area (Å²) >= 11 is 2.39. The summed E-state index contributed by atoms with van der Waals surface area (Å²) in [6, 6.07) is 9.13. The van der Waals surface area contributed by atoms with Crippen LogP contribution in [0.3, 0.4) is 0 Å². The van der Waals surface area contributed by atoms with E-state index in [-0.39, 0.29) is 0 Å². The molecule has 1 rings (SSSR count). The molecule has 0 saturated carbocycles. The van der Waals surface area contributed by atoms with E-state index in [4.69, 9.17) is 0 Å². The number of para-hydroxylation sites is 1. The quantitative estimate of drug-likeness (QED) is 0.752. The molecule has 0 bridgehead atoms. The van der Waals surface area contributed by atoms with E-state index in [0.717, 1.165) is 0 Å². The average molecular weight is 317 g/mol. The first-order chi connectivity index (χ1) is 7.27. The topological polar surface area (TPSA) is 12.0 Å². The van der Waals surface area contributed by atoms with Crippen LogP contribution < -0.4 is 5.32 Å².